The number of ether oxygens (including phenoxy) is 2. The maximum Gasteiger partial charge on any atom is 0.347 e. The van der Waals surface area contributed by atoms with Crippen LogP contribution in [0.1, 0.15) is 26.7 Å². The van der Waals surface area contributed by atoms with Crippen molar-refractivity contribution >= 4 is 29.2 Å². The third-order valence-corrected chi connectivity index (χ3v) is 2.79. The Balaban J connectivity index is 2.79. The van der Waals surface area contributed by atoms with Gasteiger partial charge in [-0.15, -0.1) is 0 Å². The van der Waals surface area contributed by atoms with Crippen LogP contribution in [0.2, 0.25) is 10.0 Å². The molecule has 1 atom stereocenters. The molecule has 100 valence electrons. The van der Waals surface area contributed by atoms with E-state index in [1.807, 2.05) is 6.92 Å². The highest BCUT2D eigenvalue weighted by Crippen LogP contribution is 2.29. The number of halogens is 2. The van der Waals surface area contributed by atoms with E-state index in [9.17, 15) is 4.79 Å². The SMILES string of the molecule is CCCC(Oc1ccc(Cl)cc1Cl)C(=O)OCC. The first-order chi connectivity index (χ1) is 8.58. The molecule has 0 aromatic heterocycles. The molecule has 1 aromatic rings. The van der Waals surface area contributed by atoms with Gasteiger partial charge in [0.1, 0.15) is 5.75 Å². The van der Waals surface area contributed by atoms with Crippen molar-refractivity contribution in [2.75, 3.05) is 6.61 Å². The van der Waals surface area contributed by atoms with Gasteiger partial charge in [-0.05, 0) is 31.5 Å². The van der Waals surface area contributed by atoms with Crippen molar-refractivity contribution in [3.8, 4) is 5.75 Å². The Kier molecular flexibility index (Phi) is 6.30. The van der Waals surface area contributed by atoms with Gasteiger partial charge in [-0.3, -0.25) is 0 Å². The summed E-state index contributed by atoms with van der Waals surface area (Å²) < 4.78 is 10.5. The topological polar surface area (TPSA) is 35.5 Å². The second-order valence-electron chi connectivity index (χ2n) is 3.72. The van der Waals surface area contributed by atoms with Gasteiger partial charge in [-0.25, -0.2) is 4.79 Å². The molecule has 0 spiro atoms. The molecule has 0 N–H and O–H groups in total. The number of hydrogen-bond donors (Lipinski definition) is 0. The van der Waals surface area contributed by atoms with Crippen molar-refractivity contribution in [2.24, 2.45) is 0 Å². The van der Waals surface area contributed by atoms with E-state index in [1.54, 1.807) is 25.1 Å². The molecule has 0 radical (unpaired) electrons. The fourth-order valence-electron chi connectivity index (χ4n) is 1.45. The zero-order chi connectivity index (χ0) is 13.5. The molecule has 0 amide bonds. The minimum atomic E-state index is -0.631. The Hall–Kier alpha value is -0.930. The van der Waals surface area contributed by atoms with Gasteiger partial charge < -0.3 is 9.47 Å². The summed E-state index contributed by atoms with van der Waals surface area (Å²) in [5.41, 5.74) is 0. The summed E-state index contributed by atoms with van der Waals surface area (Å²) in [7, 11) is 0. The number of hydrogen-bond acceptors (Lipinski definition) is 3. The van der Waals surface area contributed by atoms with Crippen molar-refractivity contribution in [2.45, 2.75) is 32.8 Å². The summed E-state index contributed by atoms with van der Waals surface area (Å²) >= 11 is 11.8. The van der Waals surface area contributed by atoms with Crippen LogP contribution >= 0.6 is 23.2 Å². The quantitative estimate of drug-likeness (QED) is 0.740. The lowest BCUT2D eigenvalue weighted by molar-refractivity contribution is -0.151. The third kappa shape index (κ3) is 4.39. The lowest BCUT2D eigenvalue weighted by Gasteiger charge is -2.17. The summed E-state index contributed by atoms with van der Waals surface area (Å²) in [5, 5.41) is 0.906. The Bertz CT molecular complexity index is 407. The first kappa shape index (κ1) is 15.1. The molecule has 0 fully saturated rings. The van der Waals surface area contributed by atoms with Gasteiger partial charge in [-0.2, -0.15) is 0 Å². The molecule has 0 aliphatic heterocycles. The van der Waals surface area contributed by atoms with Crippen LogP contribution in [-0.4, -0.2) is 18.7 Å². The zero-order valence-electron chi connectivity index (χ0n) is 10.4. The Labute approximate surface area is 117 Å². The summed E-state index contributed by atoms with van der Waals surface area (Å²) in [5.74, 6) is 0.0675. The molecule has 0 heterocycles. The van der Waals surface area contributed by atoms with Crippen LogP contribution in [-0.2, 0) is 9.53 Å². The lowest BCUT2D eigenvalue weighted by Crippen LogP contribution is -2.29. The van der Waals surface area contributed by atoms with E-state index < -0.39 is 6.10 Å². The first-order valence-electron chi connectivity index (χ1n) is 5.86. The highest BCUT2D eigenvalue weighted by atomic mass is 35.5. The second kappa shape index (κ2) is 7.49. The van der Waals surface area contributed by atoms with E-state index in [4.69, 9.17) is 32.7 Å². The first-order valence-corrected chi connectivity index (χ1v) is 6.62. The number of esters is 1. The van der Waals surface area contributed by atoms with Gasteiger partial charge in [-0.1, -0.05) is 36.5 Å². The third-order valence-electron chi connectivity index (χ3n) is 2.26. The van der Waals surface area contributed by atoms with Crippen LogP contribution in [0.15, 0.2) is 18.2 Å². The van der Waals surface area contributed by atoms with Crippen LogP contribution in [0.4, 0.5) is 0 Å². The molecule has 1 unspecified atom stereocenters. The minimum Gasteiger partial charge on any atom is -0.477 e. The molecule has 3 nitrogen and oxygen atoms in total. The average molecular weight is 291 g/mol. The Morgan fingerprint density at radius 2 is 2.06 bits per heavy atom. The molecule has 1 aromatic carbocycles. The average Bonchev–Trinajstić information content (AvgIpc) is 2.32. The molecular weight excluding hydrogens is 275 g/mol. The fourth-order valence-corrected chi connectivity index (χ4v) is 1.90. The summed E-state index contributed by atoms with van der Waals surface area (Å²) in [6.07, 6.45) is 0.764. The maximum atomic E-state index is 11.7. The van der Waals surface area contributed by atoms with Crippen molar-refractivity contribution in [3.05, 3.63) is 28.2 Å². The van der Waals surface area contributed by atoms with Gasteiger partial charge >= 0.3 is 5.97 Å². The zero-order valence-corrected chi connectivity index (χ0v) is 11.9. The standard InChI is InChI=1S/C13H16Cl2O3/c1-3-5-12(13(16)17-4-2)18-11-7-6-9(14)8-10(11)15/h6-8,12H,3-5H2,1-2H3. The largest absolute Gasteiger partial charge is 0.477 e. The maximum absolute atomic E-state index is 11.7. The van der Waals surface area contributed by atoms with Gasteiger partial charge in [0.05, 0.1) is 11.6 Å². The Morgan fingerprint density at radius 3 is 2.61 bits per heavy atom. The molecule has 0 saturated heterocycles. The summed E-state index contributed by atoms with van der Waals surface area (Å²) in [6, 6.07) is 4.89. The minimum absolute atomic E-state index is 0.330. The predicted octanol–water partition coefficient (Wildman–Crippen LogP) is 4.10. The molecular formula is C13H16Cl2O3. The van der Waals surface area contributed by atoms with Crippen LogP contribution in [0.25, 0.3) is 0 Å². The van der Waals surface area contributed by atoms with Gasteiger partial charge in [0, 0.05) is 5.02 Å². The van der Waals surface area contributed by atoms with Crippen molar-refractivity contribution < 1.29 is 14.3 Å². The summed E-state index contributed by atoms with van der Waals surface area (Å²) in [6.45, 7) is 4.06. The number of rotatable bonds is 6. The molecule has 0 bridgehead atoms. The van der Waals surface area contributed by atoms with E-state index in [1.165, 1.54) is 0 Å². The Morgan fingerprint density at radius 1 is 1.33 bits per heavy atom. The van der Waals surface area contributed by atoms with E-state index in [0.29, 0.717) is 28.8 Å². The van der Waals surface area contributed by atoms with Gasteiger partial charge in [0.25, 0.3) is 0 Å². The second-order valence-corrected chi connectivity index (χ2v) is 4.57. The summed E-state index contributed by atoms with van der Waals surface area (Å²) in [4.78, 5) is 11.7. The van der Waals surface area contributed by atoms with E-state index in [-0.39, 0.29) is 5.97 Å². The molecule has 18 heavy (non-hydrogen) atoms. The molecule has 0 saturated carbocycles. The van der Waals surface area contributed by atoms with Crippen LogP contribution in [0.5, 0.6) is 5.75 Å². The highest BCUT2D eigenvalue weighted by Gasteiger charge is 2.21. The van der Waals surface area contributed by atoms with E-state index in [2.05, 4.69) is 0 Å². The fraction of sp³-hybridized carbons (Fsp3) is 0.462. The molecule has 5 heteroatoms. The smallest absolute Gasteiger partial charge is 0.347 e. The number of benzene rings is 1. The van der Waals surface area contributed by atoms with Gasteiger partial charge in [0.15, 0.2) is 6.10 Å². The van der Waals surface area contributed by atoms with Crippen LogP contribution < -0.4 is 4.74 Å². The molecule has 0 aliphatic rings. The van der Waals surface area contributed by atoms with E-state index in [0.717, 1.165) is 6.42 Å². The van der Waals surface area contributed by atoms with Crippen molar-refractivity contribution in [1.29, 1.82) is 0 Å². The normalized spacial score (nSPS) is 12.0. The van der Waals surface area contributed by atoms with E-state index >= 15 is 0 Å². The molecule has 1 rings (SSSR count). The van der Waals surface area contributed by atoms with Crippen molar-refractivity contribution in [3.63, 3.8) is 0 Å². The van der Waals surface area contributed by atoms with Crippen LogP contribution in [0, 0.1) is 0 Å². The van der Waals surface area contributed by atoms with Gasteiger partial charge in [0.2, 0.25) is 0 Å². The van der Waals surface area contributed by atoms with Crippen molar-refractivity contribution in [1.82, 2.24) is 0 Å². The number of carbonyl (C=O) groups is 1. The molecule has 0 aliphatic carbocycles. The lowest BCUT2D eigenvalue weighted by atomic mass is 10.2. The number of carbonyl (C=O) groups excluding carboxylic acids is 1. The monoisotopic (exact) mass is 290 g/mol. The highest BCUT2D eigenvalue weighted by molar-refractivity contribution is 6.35. The van der Waals surface area contributed by atoms with Crippen LogP contribution in [0.3, 0.4) is 0 Å². The predicted molar refractivity (Wildman–Crippen MR) is 72.4 cm³/mol.